The van der Waals surface area contributed by atoms with Crippen LogP contribution in [0.4, 0.5) is 0 Å². The predicted molar refractivity (Wildman–Crippen MR) is 106 cm³/mol. The Labute approximate surface area is 160 Å². The maximum absolute atomic E-state index is 10.7. The summed E-state index contributed by atoms with van der Waals surface area (Å²) in [5.41, 5.74) is 0.795. The molecule has 1 aliphatic heterocycles. The van der Waals surface area contributed by atoms with Crippen molar-refractivity contribution >= 4 is 0 Å². The van der Waals surface area contributed by atoms with Crippen LogP contribution in [0.15, 0.2) is 0 Å². The lowest BCUT2D eigenvalue weighted by atomic mass is 9.50. The highest BCUT2D eigenvalue weighted by Crippen LogP contribution is 2.60. The smallest absolute Gasteiger partial charge is 0.0900 e. The lowest BCUT2D eigenvalue weighted by Gasteiger charge is -2.56. The van der Waals surface area contributed by atoms with E-state index in [0.29, 0.717) is 12.0 Å². The number of hydrogen-bond donors (Lipinski definition) is 1. The Morgan fingerprint density at radius 3 is 1.92 bits per heavy atom. The zero-order chi connectivity index (χ0) is 18.6. The van der Waals surface area contributed by atoms with Crippen LogP contribution in [0.25, 0.3) is 0 Å². The molecule has 0 radical (unpaired) electrons. The summed E-state index contributed by atoms with van der Waals surface area (Å²) in [6.07, 6.45) is 12.0. The van der Waals surface area contributed by atoms with E-state index in [1.807, 2.05) is 0 Å². The minimum Gasteiger partial charge on any atom is -0.389 e. The van der Waals surface area contributed by atoms with Crippen LogP contribution in [0.5, 0.6) is 0 Å². The molecule has 5 aliphatic rings. The number of rotatable bonds is 6. The molecule has 4 aliphatic carbocycles. The molecule has 5 rings (SSSR count). The van der Waals surface area contributed by atoms with Crippen LogP contribution in [-0.2, 0) is 4.74 Å². The molecule has 0 aromatic carbocycles. The summed E-state index contributed by atoms with van der Waals surface area (Å²) in [5, 5.41) is 10.7. The summed E-state index contributed by atoms with van der Waals surface area (Å²) in [4.78, 5) is 2.53. The van der Waals surface area contributed by atoms with Crippen molar-refractivity contribution in [2.24, 2.45) is 23.2 Å². The summed E-state index contributed by atoms with van der Waals surface area (Å²) >= 11 is 0. The molecule has 4 saturated carbocycles. The highest BCUT2D eigenvalue weighted by atomic mass is 16.5. The third kappa shape index (κ3) is 3.73. The first-order valence-corrected chi connectivity index (χ1v) is 11.2. The minimum absolute atomic E-state index is 0.169. The fourth-order valence-electron chi connectivity index (χ4n) is 7.68. The van der Waals surface area contributed by atoms with Gasteiger partial charge in [0.15, 0.2) is 0 Å². The molecule has 26 heavy (non-hydrogen) atoms. The molecule has 0 spiro atoms. The molecule has 1 heterocycles. The number of likely N-dealkylation sites (tertiary alicyclic amines) is 1. The van der Waals surface area contributed by atoms with Gasteiger partial charge < -0.3 is 9.84 Å². The third-order valence-corrected chi connectivity index (χ3v) is 8.32. The first kappa shape index (κ1) is 19.2. The van der Waals surface area contributed by atoms with Crippen molar-refractivity contribution in [1.82, 2.24) is 4.90 Å². The van der Waals surface area contributed by atoms with Crippen molar-refractivity contribution in [2.75, 3.05) is 19.8 Å². The Morgan fingerprint density at radius 1 is 0.923 bits per heavy atom. The molecule has 0 unspecified atom stereocenters. The van der Waals surface area contributed by atoms with Crippen molar-refractivity contribution < 1.29 is 9.84 Å². The fourth-order valence-corrected chi connectivity index (χ4v) is 7.68. The van der Waals surface area contributed by atoms with E-state index in [9.17, 15) is 5.11 Å². The maximum Gasteiger partial charge on any atom is 0.0900 e. The number of nitrogens with zero attached hydrogens (tertiary/aromatic N) is 1. The van der Waals surface area contributed by atoms with Crippen molar-refractivity contribution in [3.8, 4) is 0 Å². The van der Waals surface area contributed by atoms with E-state index in [1.165, 1.54) is 57.8 Å². The average molecular weight is 364 g/mol. The topological polar surface area (TPSA) is 32.7 Å². The van der Waals surface area contributed by atoms with Gasteiger partial charge in [0, 0.05) is 17.6 Å². The molecular formula is C23H41NO2. The molecule has 150 valence electrons. The molecule has 4 bridgehead atoms. The van der Waals surface area contributed by atoms with Gasteiger partial charge >= 0.3 is 0 Å². The Bertz CT molecular complexity index is 461. The van der Waals surface area contributed by atoms with Gasteiger partial charge in [-0.25, -0.2) is 0 Å². The van der Waals surface area contributed by atoms with Crippen LogP contribution in [-0.4, -0.2) is 46.9 Å². The van der Waals surface area contributed by atoms with Gasteiger partial charge in [0.2, 0.25) is 0 Å². The first-order chi connectivity index (χ1) is 12.2. The van der Waals surface area contributed by atoms with Crippen molar-refractivity contribution in [2.45, 2.75) is 103 Å². The van der Waals surface area contributed by atoms with Crippen molar-refractivity contribution in [3.63, 3.8) is 0 Å². The maximum atomic E-state index is 10.7. The van der Waals surface area contributed by atoms with Gasteiger partial charge in [0.1, 0.15) is 0 Å². The molecule has 5 fully saturated rings. The molecule has 1 atom stereocenters. The number of piperidine rings is 1. The third-order valence-electron chi connectivity index (χ3n) is 8.32. The van der Waals surface area contributed by atoms with E-state index in [2.05, 4.69) is 32.6 Å². The number of aliphatic hydroxyl groups excluding tert-OH is 1. The molecule has 1 N–H and O–H groups in total. The van der Waals surface area contributed by atoms with Gasteiger partial charge in [-0.15, -0.1) is 0 Å². The Kier molecular flexibility index (Phi) is 4.98. The van der Waals surface area contributed by atoms with Gasteiger partial charge in [0.05, 0.1) is 19.3 Å². The van der Waals surface area contributed by atoms with Gasteiger partial charge in [-0.1, -0.05) is 0 Å². The zero-order valence-electron chi connectivity index (χ0n) is 17.6. The summed E-state index contributed by atoms with van der Waals surface area (Å²) < 4.78 is 6.18. The summed E-state index contributed by atoms with van der Waals surface area (Å²) in [7, 11) is 0. The predicted octanol–water partition coefficient (Wildman–Crippen LogP) is 4.62. The Morgan fingerprint density at radius 2 is 1.42 bits per heavy atom. The number of hydrogen-bond acceptors (Lipinski definition) is 3. The number of aliphatic hydroxyl groups is 1. The summed E-state index contributed by atoms with van der Waals surface area (Å²) in [6.45, 7) is 11.5. The van der Waals surface area contributed by atoms with Crippen LogP contribution < -0.4 is 0 Å². The average Bonchev–Trinajstić information content (AvgIpc) is 2.49. The standard InChI is InChI=1S/C23H41NO2/c1-21(2)6-5-7-22(3,4)24(21)14-20(25)15-26-16-23-11-17-8-18(12-23)10-19(9-17)13-23/h17-20,25H,5-16H2,1-4H3/t17?,18?,19?,20-,23?/m0/s1. The summed E-state index contributed by atoms with van der Waals surface area (Å²) in [6, 6.07) is 0. The minimum atomic E-state index is -0.374. The molecule has 1 saturated heterocycles. The van der Waals surface area contributed by atoms with Crippen LogP contribution in [0.3, 0.4) is 0 Å². The quantitative estimate of drug-likeness (QED) is 0.747. The molecular weight excluding hydrogens is 322 g/mol. The van der Waals surface area contributed by atoms with Crippen LogP contribution >= 0.6 is 0 Å². The fraction of sp³-hybridized carbons (Fsp3) is 1.00. The largest absolute Gasteiger partial charge is 0.389 e. The SMILES string of the molecule is CC1(C)CCCC(C)(C)N1C[C@H](O)COCC12CC3CC(CC(C3)C1)C2. The van der Waals surface area contributed by atoms with E-state index in [1.54, 1.807) is 0 Å². The van der Waals surface area contributed by atoms with Gasteiger partial charge in [-0.2, -0.15) is 0 Å². The Hall–Kier alpha value is -0.120. The normalized spacial score (nSPS) is 42.1. The van der Waals surface area contributed by atoms with E-state index >= 15 is 0 Å². The van der Waals surface area contributed by atoms with Crippen molar-refractivity contribution in [1.29, 1.82) is 0 Å². The van der Waals surface area contributed by atoms with E-state index in [-0.39, 0.29) is 17.2 Å². The highest BCUT2D eigenvalue weighted by Gasteiger charge is 2.51. The molecule has 0 amide bonds. The van der Waals surface area contributed by atoms with Gasteiger partial charge in [0.25, 0.3) is 0 Å². The van der Waals surface area contributed by atoms with Crippen molar-refractivity contribution in [3.05, 3.63) is 0 Å². The summed E-state index contributed by atoms with van der Waals surface area (Å²) in [5.74, 6) is 2.93. The molecule has 3 heteroatoms. The highest BCUT2D eigenvalue weighted by molar-refractivity contribution is 5.01. The van der Waals surface area contributed by atoms with Gasteiger partial charge in [-0.3, -0.25) is 4.90 Å². The monoisotopic (exact) mass is 363 g/mol. The van der Waals surface area contributed by atoms with Crippen LogP contribution in [0.2, 0.25) is 0 Å². The van der Waals surface area contributed by atoms with Crippen LogP contribution in [0.1, 0.15) is 85.5 Å². The Balaban J connectivity index is 1.28. The lowest BCUT2D eigenvalue weighted by molar-refractivity contribution is -0.114. The first-order valence-electron chi connectivity index (χ1n) is 11.2. The number of β-amino-alcohol motifs (C(OH)–C–C–N with tert-alkyl or cyclic N) is 1. The number of ether oxygens (including phenoxy) is 1. The van der Waals surface area contributed by atoms with Crippen LogP contribution in [0, 0.1) is 23.2 Å². The molecule has 0 aromatic heterocycles. The zero-order valence-corrected chi connectivity index (χ0v) is 17.6. The lowest BCUT2D eigenvalue weighted by Crippen LogP contribution is -2.60. The van der Waals surface area contributed by atoms with Gasteiger partial charge in [-0.05, 0) is 109 Å². The van der Waals surface area contributed by atoms with E-state index < -0.39 is 0 Å². The van der Waals surface area contributed by atoms with E-state index in [0.717, 1.165) is 30.9 Å². The second-order valence-corrected chi connectivity index (χ2v) is 11.7. The molecule has 3 nitrogen and oxygen atoms in total. The second-order valence-electron chi connectivity index (χ2n) is 11.7. The molecule has 0 aromatic rings. The second kappa shape index (κ2) is 6.74. The van der Waals surface area contributed by atoms with E-state index in [4.69, 9.17) is 4.74 Å².